The molecule has 0 aliphatic carbocycles. The van der Waals surface area contributed by atoms with Crippen molar-refractivity contribution in [1.82, 2.24) is 0 Å². The third-order valence-electron chi connectivity index (χ3n) is 2.50. The number of ether oxygens (including phenoxy) is 1. The highest BCUT2D eigenvalue weighted by Gasteiger charge is 2.05. The van der Waals surface area contributed by atoms with E-state index in [1.165, 1.54) is 0 Å². The van der Waals surface area contributed by atoms with Crippen LogP contribution in [0.5, 0.6) is 11.5 Å². The molecule has 92 valence electrons. The zero-order valence-corrected chi connectivity index (χ0v) is 11.5. The number of rotatable bonds is 3. The molecule has 0 radical (unpaired) electrons. The summed E-state index contributed by atoms with van der Waals surface area (Å²) >= 11 is 3.35. The second-order valence-electron chi connectivity index (χ2n) is 3.83. The third-order valence-corrected chi connectivity index (χ3v) is 2.99. The van der Waals surface area contributed by atoms with E-state index >= 15 is 0 Å². The fourth-order valence-electron chi connectivity index (χ4n) is 1.57. The fraction of sp³-hybridized carbons (Fsp3) is 0.0667. The summed E-state index contributed by atoms with van der Waals surface area (Å²) in [6.07, 6.45) is 0.376. The van der Waals surface area contributed by atoms with Gasteiger partial charge in [-0.2, -0.15) is 10.5 Å². The quantitative estimate of drug-likeness (QED) is 0.854. The van der Waals surface area contributed by atoms with Crippen molar-refractivity contribution in [3.05, 3.63) is 58.1 Å². The molecule has 2 aromatic rings. The van der Waals surface area contributed by atoms with Gasteiger partial charge < -0.3 is 4.74 Å². The molecule has 0 unspecified atom stereocenters. The molecule has 2 aromatic carbocycles. The second-order valence-corrected chi connectivity index (χ2v) is 4.75. The first-order valence-electron chi connectivity index (χ1n) is 5.56. The van der Waals surface area contributed by atoms with Crippen LogP contribution in [0.2, 0.25) is 0 Å². The van der Waals surface area contributed by atoms with Crippen LogP contribution in [0.25, 0.3) is 0 Å². The average Bonchev–Trinajstić information content (AvgIpc) is 2.42. The summed E-state index contributed by atoms with van der Waals surface area (Å²) < 4.78 is 6.53. The molecular weight excluding hydrogens is 304 g/mol. The lowest BCUT2D eigenvalue weighted by molar-refractivity contribution is 0.480. The Balaban J connectivity index is 2.24. The SMILES string of the molecule is N#CCc1ccc(Oc2cc(Br)ccc2C#N)cc1. The zero-order valence-electron chi connectivity index (χ0n) is 9.93. The largest absolute Gasteiger partial charge is 0.456 e. The predicted molar refractivity (Wildman–Crippen MR) is 74.7 cm³/mol. The molecule has 0 saturated heterocycles. The molecule has 0 fully saturated rings. The Morgan fingerprint density at radius 2 is 1.79 bits per heavy atom. The monoisotopic (exact) mass is 312 g/mol. The van der Waals surface area contributed by atoms with E-state index in [-0.39, 0.29) is 0 Å². The van der Waals surface area contributed by atoms with Crippen molar-refractivity contribution in [2.45, 2.75) is 6.42 Å². The van der Waals surface area contributed by atoms with E-state index in [4.69, 9.17) is 15.3 Å². The Morgan fingerprint density at radius 3 is 2.42 bits per heavy atom. The van der Waals surface area contributed by atoms with Gasteiger partial charge in [-0.05, 0) is 35.9 Å². The van der Waals surface area contributed by atoms with Crippen LogP contribution >= 0.6 is 15.9 Å². The lowest BCUT2D eigenvalue weighted by Gasteiger charge is -2.08. The van der Waals surface area contributed by atoms with Crippen LogP contribution in [-0.4, -0.2) is 0 Å². The fourth-order valence-corrected chi connectivity index (χ4v) is 1.91. The molecule has 0 saturated carbocycles. The van der Waals surface area contributed by atoms with Gasteiger partial charge >= 0.3 is 0 Å². The second kappa shape index (κ2) is 6.04. The van der Waals surface area contributed by atoms with Crippen molar-refractivity contribution in [2.75, 3.05) is 0 Å². The Kier molecular flexibility index (Phi) is 4.18. The highest BCUT2D eigenvalue weighted by atomic mass is 79.9. The molecule has 0 N–H and O–H groups in total. The van der Waals surface area contributed by atoms with E-state index in [2.05, 4.69) is 28.1 Å². The van der Waals surface area contributed by atoms with Gasteiger partial charge in [0.1, 0.15) is 17.6 Å². The van der Waals surface area contributed by atoms with Crippen LogP contribution in [0, 0.1) is 22.7 Å². The van der Waals surface area contributed by atoms with E-state index in [0.29, 0.717) is 23.5 Å². The van der Waals surface area contributed by atoms with Crippen LogP contribution in [0.4, 0.5) is 0 Å². The molecule has 0 aliphatic rings. The molecule has 19 heavy (non-hydrogen) atoms. The predicted octanol–water partition coefficient (Wildman–Crippen LogP) is 4.18. The highest BCUT2D eigenvalue weighted by molar-refractivity contribution is 9.10. The molecule has 0 heterocycles. The van der Waals surface area contributed by atoms with Crippen LogP contribution in [-0.2, 0) is 6.42 Å². The third kappa shape index (κ3) is 3.34. The topological polar surface area (TPSA) is 56.8 Å². The van der Waals surface area contributed by atoms with Crippen molar-refractivity contribution in [3.63, 3.8) is 0 Å². The number of benzene rings is 2. The summed E-state index contributed by atoms with van der Waals surface area (Å²) in [5.74, 6) is 1.14. The van der Waals surface area contributed by atoms with Crippen molar-refractivity contribution in [1.29, 1.82) is 10.5 Å². The lowest BCUT2D eigenvalue weighted by atomic mass is 10.1. The number of nitriles is 2. The van der Waals surface area contributed by atoms with Crippen molar-refractivity contribution in [3.8, 4) is 23.6 Å². The molecule has 0 bridgehead atoms. The Labute approximate surface area is 119 Å². The summed E-state index contributed by atoms with van der Waals surface area (Å²) in [4.78, 5) is 0. The summed E-state index contributed by atoms with van der Waals surface area (Å²) in [5, 5.41) is 17.6. The first-order chi connectivity index (χ1) is 9.22. The van der Waals surface area contributed by atoms with Gasteiger partial charge in [-0.3, -0.25) is 0 Å². The lowest BCUT2D eigenvalue weighted by Crippen LogP contribution is -1.89. The summed E-state index contributed by atoms with van der Waals surface area (Å²) in [7, 11) is 0. The molecule has 0 spiro atoms. The van der Waals surface area contributed by atoms with Crippen LogP contribution in [0.3, 0.4) is 0 Å². The Hall–Kier alpha value is -2.30. The Morgan fingerprint density at radius 1 is 1.05 bits per heavy atom. The van der Waals surface area contributed by atoms with Gasteiger partial charge in [-0.25, -0.2) is 0 Å². The van der Waals surface area contributed by atoms with E-state index in [9.17, 15) is 0 Å². The molecule has 4 heteroatoms. The van der Waals surface area contributed by atoms with Crippen LogP contribution < -0.4 is 4.74 Å². The maximum absolute atomic E-state index is 9.02. The van der Waals surface area contributed by atoms with Crippen molar-refractivity contribution in [2.24, 2.45) is 0 Å². The average molecular weight is 313 g/mol. The number of hydrogen-bond acceptors (Lipinski definition) is 3. The molecule has 0 amide bonds. The van der Waals surface area contributed by atoms with Gasteiger partial charge in [-0.1, -0.05) is 28.1 Å². The van der Waals surface area contributed by atoms with E-state index < -0.39 is 0 Å². The Bertz CT molecular complexity index is 666. The van der Waals surface area contributed by atoms with Crippen molar-refractivity contribution >= 4 is 15.9 Å². The molecular formula is C15H9BrN2O. The summed E-state index contributed by atoms with van der Waals surface area (Å²) in [5.41, 5.74) is 1.41. The van der Waals surface area contributed by atoms with Crippen LogP contribution in [0.1, 0.15) is 11.1 Å². The maximum atomic E-state index is 9.02. The normalized spacial score (nSPS) is 9.42. The highest BCUT2D eigenvalue weighted by Crippen LogP contribution is 2.28. The first-order valence-corrected chi connectivity index (χ1v) is 6.35. The van der Waals surface area contributed by atoms with Gasteiger partial charge in [0.2, 0.25) is 0 Å². The molecule has 3 nitrogen and oxygen atoms in total. The zero-order chi connectivity index (χ0) is 13.7. The molecule has 0 aromatic heterocycles. The van der Waals surface area contributed by atoms with Crippen molar-refractivity contribution < 1.29 is 4.74 Å². The molecule has 0 atom stereocenters. The van der Waals surface area contributed by atoms with E-state index in [1.807, 2.05) is 12.1 Å². The molecule has 2 rings (SSSR count). The number of halogens is 1. The number of hydrogen-bond donors (Lipinski definition) is 0. The minimum absolute atomic E-state index is 0.376. The maximum Gasteiger partial charge on any atom is 0.146 e. The minimum Gasteiger partial charge on any atom is -0.456 e. The summed E-state index contributed by atoms with van der Waals surface area (Å²) in [6.45, 7) is 0. The van der Waals surface area contributed by atoms with Gasteiger partial charge in [-0.15, -0.1) is 0 Å². The van der Waals surface area contributed by atoms with Gasteiger partial charge in [0.05, 0.1) is 18.1 Å². The van der Waals surface area contributed by atoms with E-state index in [1.54, 1.807) is 30.3 Å². The first kappa shape index (κ1) is 13.1. The molecule has 0 aliphatic heterocycles. The van der Waals surface area contributed by atoms with Gasteiger partial charge in [0.25, 0.3) is 0 Å². The summed E-state index contributed by atoms with van der Waals surface area (Å²) in [6, 6.07) is 16.7. The van der Waals surface area contributed by atoms with Crippen LogP contribution in [0.15, 0.2) is 46.9 Å². The smallest absolute Gasteiger partial charge is 0.146 e. The van der Waals surface area contributed by atoms with E-state index in [0.717, 1.165) is 10.0 Å². The number of nitrogens with zero attached hydrogens (tertiary/aromatic N) is 2. The standard InChI is InChI=1S/C15H9BrN2O/c16-13-4-3-12(10-18)15(9-13)19-14-5-1-11(2-6-14)7-8-17/h1-6,9H,7H2. The minimum atomic E-state index is 0.376. The van der Waals surface area contributed by atoms with Gasteiger partial charge in [0.15, 0.2) is 0 Å². The van der Waals surface area contributed by atoms with Gasteiger partial charge in [0, 0.05) is 4.47 Å².